The lowest BCUT2D eigenvalue weighted by Gasteiger charge is -2.19. The summed E-state index contributed by atoms with van der Waals surface area (Å²) in [6.45, 7) is 7.76. The predicted octanol–water partition coefficient (Wildman–Crippen LogP) is -0.533. The van der Waals surface area contributed by atoms with Crippen molar-refractivity contribution in [2.75, 3.05) is 53.4 Å². The lowest BCUT2D eigenvalue weighted by atomic mass is 10.1. The summed E-state index contributed by atoms with van der Waals surface area (Å²) in [6.07, 6.45) is 8.08. The first kappa shape index (κ1) is 23.8. The number of amidine groups is 2. The monoisotopic (exact) mass is 442 g/mol. The van der Waals surface area contributed by atoms with Gasteiger partial charge >= 0.3 is 0 Å². The molecule has 1 aromatic carbocycles. The lowest BCUT2D eigenvalue weighted by Crippen LogP contribution is -2.38. The Morgan fingerprint density at radius 3 is 1.44 bits per heavy atom. The van der Waals surface area contributed by atoms with E-state index in [-0.39, 0.29) is 11.1 Å². The summed E-state index contributed by atoms with van der Waals surface area (Å²) in [7, 11) is 4.43. The van der Waals surface area contributed by atoms with Crippen LogP contribution < -0.4 is 10.2 Å². The van der Waals surface area contributed by atoms with E-state index < -0.39 is 11.9 Å². The zero-order valence-electron chi connectivity index (χ0n) is 19.2. The van der Waals surface area contributed by atoms with Crippen molar-refractivity contribution < 1.29 is 29.0 Å². The molecule has 4 aliphatic heterocycles. The zero-order chi connectivity index (χ0) is 23.1. The van der Waals surface area contributed by atoms with Crippen LogP contribution in [-0.2, 0) is 0 Å². The molecule has 32 heavy (non-hydrogen) atoms. The first-order valence-corrected chi connectivity index (χ1v) is 11.5. The van der Waals surface area contributed by atoms with Gasteiger partial charge in [0.05, 0.1) is 78.1 Å². The molecule has 0 unspecified atom stereocenters. The molecule has 0 amide bonds. The van der Waals surface area contributed by atoms with E-state index in [1.54, 1.807) is 11.7 Å². The van der Waals surface area contributed by atoms with Gasteiger partial charge in [-0.25, -0.2) is 0 Å². The molecular weight excluding hydrogens is 408 g/mol. The van der Waals surface area contributed by atoms with Gasteiger partial charge in [0, 0.05) is 24.0 Å². The van der Waals surface area contributed by atoms with Gasteiger partial charge in [-0.1, -0.05) is 24.3 Å². The summed E-state index contributed by atoms with van der Waals surface area (Å²) in [5.74, 6) is 0.141. The van der Waals surface area contributed by atoms with Gasteiger partial charge in [-0.05, 0) is 12.8 Å². The van der Waals surface area contributed by atoms with Crippen LogP contribution in [0.3, 0.4) is 0 Å². The molecule has 2 saturated heterocycles. The number of hydrogen-bond acceptors (Lipinski definition) is 6. The van der Waals surface area contributed by atoms with Crippen LogP contribution in [0.15, 0.2) is 24.3 Å². The van der Waals surface area contributed by atoms with Crippen molar-refractivity contribution in [3.63, 3.8) is 0 Å². The summed E-state index contributed by atoms with van der Waals surface area (Å²) in [5, 5.41) is 20.6. The summed E-state index contributed by atoms with van der Waals surface area (Å²) in [5.41, 5.74) is -0.727. The third-order valence-electron chi connectivity index (χ3n) is 6.48. The SMILES string of the molecule is C[N+]1=C2CCCN2CCC1.C[N+]1=C2CCCN2CCC1.O=C([O-])c1ccccc1C(=O)[O-]. The number of hydrogen-bond donors (Lipinski definition) is 0. The van der Waals surface area contributed by atoms with E-state index in [1.807, 2.05) is 0 Å². The van der Waals surface area contributed by atoms with Crippen LogP contribution in [0.4, 0.5) is 0 Å². The third-order valence-corrected chi connectivity index (χ3v) is 6.48. The Hall–Kier alpha value is -2.90. The fourth-order valence-corrected chi connectivity index (χ4v) is 4.87. The van der Waals surface area contributed by atoms with Gasteiger partial charge in [-0.15, -0.1) is 0 Å². The molecule has 8 nitrogen and oxygen atoms in total. The zero-order valence-corrected chi connectivity index (χ0v) is 19.2. The number of aromatic carboxylic acids is 2. The van der Waals surface area contributed by atoms with Crippen molar-refractivity contribution in [3.05, 3.63) is 35.4 Å². The molecule has 8 heteroatoms. The Labute approximate surface area is 190 Å². The van der Waals surface area contributed by atoms with Crippen molar-refractivity contribution in [1.29, 1.82) is 0 Å². The number of fused-ring (bicyclic) bond motifs is 2. The number of benzene rings is 1. The van der Waals surface area contributed by atoms with E-state index in [9.17, 15) is 19.8 Å². The molecule has 0 atom stereocenters. The second-order valence-electron chi connectivity index (χ2n) is 8.68. The van der Waals surface area contributed by atoms with Crippen molar-refractivity contribution >= 4 is 23.6 Å². The third kappa shape index (κ3) is 5.87. The molecule has 0 radical (unpaired) electrons. The highest BCUT2D eigenvalue weighted by Crippen LogP contribution is 2.15. The maximum Gasteiger partial charge on any atom is 0.246 e. The van der Waals surface area contributed by atoms with Crippen LogP contribution in [0.5, 0.6) is 0 Å². The Kier molecular flexibility index (Phi) is 8.25. The molecule has 0 aliphatic carbocycles. The molecule has 0 bridgehead atoms. The molecular formula is C24H34N4O4. The summed E-state index contributed by atoms with van der Waals surface area (Å²) in [6, 6.07) is 5.14. The Balaban J connectivity index is 0.000000136. The van der Waals surface area contributed by atoms with Crippen LogP contribution in [0.2, 0.25) is 0 Å². The van der Waals surface area contributed by atoms with Gasteiger partial charge in [-0.2, -0.15) is 0 Å². The molecule has 2 fully saturated rings. The Morgan fingerprint density at radius 2 is 1.09 bits per heavy atom. The van der Waals surface area contributed by atoms with Gasteiger partial charge in [0.1, 0.15) is 0 Å². The van der Waals surface area contributed by atoms with Crippen LogP contribution in [0.25, 0.3) is 0 Å². The minimum Gasteiger partial charge on any atom is -0.545 e. The van der Waals surface area contributed by atoms with E-state index in [2.05, 4.69) is 33.0 Å². The Morgan fingerprint density at radius 1 is 0.719 bits per heavy atom. The van der Waals surface area contributed by atoms with Crippen molar-refractivity contribution in [2.45, 2.75) is 38.5 Å². The quantitative estimate of drug-likeness (QED) is 0.572. The average Bonchev–Trinajstić information content (AvgIpc) is 3.45. The van der Waals surface area contributed by atoms with E-state index in [0.717, 1.165) is 12.1 Å². The summed E-state index contributed by atoms with van der Waals surface area (Å²) >= 11 is 0. The molecule has 174 valence electrons. The molecule has 4 heterocycles. The molecule has 0 aromatic heterocycles. The van der Waals surface area contributed by atoms with Crippen molar-refractivity contribution in [3.8, 4) is 0 Å². The normalized spacial score (nSPS) is 19.4. The largest absolute Gasteiger partial charge is 0.545 e. The van der Waals surface area contributed by atoms with Gasteiger partial charge in [0.15, 0.2) is 0 Å². The fraction of sp³-hybridized carbons (Fsp3) is 0.583. The second kappa shape index (κ2) is 11.1. The van der Waals surface area contributed by atoms with Gasteiger partial charge in [0.2, 0.25) is 11.7 Å². The van der Waals surface area contributed by atoms with E-state index in [4.69, 9.17) is 0 Å². The molecule has 0 saturated carbocycles. The standard InChI is InChI=1S/2C8H15N2.C8H6O4/c2*1-9-5-3-7-10-6-2-4-8(9)10;9-7(10)5-3-1-2-4-6(5)8(11)12/h2*2-7H2,1H3;1-4H,(H,9,10)(H,11,12)/q2*+1;/p-2. The van der Waals surface area contributed by atoms with Crippen LogP contribution >= 0.6 is 0 Å². The van der Waals surface area contributed by atoms with Crippen LogP contribution in [-0.4, -0.2) is 95.9 Å². The number of carbonyl (C=O) groups is 2. The number of carboxylic acids is 2. The first-order valence-electron chi connectivity index (χ1n) is 11.5. The maximum atomic E-state index is 10.3. The molecule has 4 aliphatic rings. The topological polar surface area (TPSA) is 92.8 Å². The number of nitrogens with zero attached hydrogens (tertiary/aromatic N) is 4. The number of carbonyl (C=O) groups excluding carboxylic acids is 2. The number of carboxylic acid groups (broad SMARTS) is 2. The molecule has 0 N–H and O–H groups in total. The number of rotatable bonds is 2. The minimum absolute atomic E-state index is 0.363. The minimum atomic E-state index is -1.52. The highest BCUT2D eigenvalue weighted by atomic mass is 16.4. The van der Waals surface area contributed by atoms with E-state index in [1.165, 1.54) is 89.9 Å². The van der Waals surface area contributed by atoms with E-state index >= 15 is 0 Å². The van der Waals surface area contributed by atoms with Gasteiger partial charge in [-0.3, -0.25) is 19.0 Å². The van der Waals surface area contributed by atoms with Crippen LogP contribution in [0, 0.1) is 0 Å². The van der Waals surface area contributed by atoms with Crippen LogP contribution in [0.1, 0.15) is 59.2 Å². The lowest BCUT2D eigenvalue weighted by molar-refractivity contribution is -0.509. The molecule has 5 rings (SSSR count). The van der Waals surface area contributed by atoms with Crippen molar-refractivity contribution in [1.82, 2.24) is 9.80 Å². The highest BCUT2D eigenvalue weighted by Gasteiger charge is 2.30. The van der Waals surface area contributed by atoms with E-state index in [0.29, 0.717) is 0 Å². The summed E-state index contributed by atoms with van der Waals surface area (Å²) in [4.78, 5) is 25.7. The average molecular weight is 443 g/mol. The summed E-state index contributed by atoms with van der Waals surface area (Å²) < 4.78 is 4.83. The fourth-order valence-electron chi connectivity index (χ4n) is 4.87. The second-order valence-corrected chi connectivity index (χ2v) is 8.68. The van der Waals surface area contributed by atoms with Gasteiger partial charge in [0.25, 0.3) is 0 Å². The van der Waals surface area contributed by atoms with Gasteiger partial charge < -0.3 is 19.8 Å². The predicted molar refractivity (Wildman–Crippen MR) is 118 cm³/mol. The van der Waals surface area contributed by atoms with Crippen molar-refractivity contribution in [2.24, 2.45) is 0 Å². The maximum absolute atomic E-state index is 10.3. The smallest absolute Gasteiger partial charge is 0.246 e. The first-order chi connectivity index (χ1) is 15.4. The molecule has 0 spiro atoms. The highest BCUT2D eigenvalue weighted by molar-refractivity contribution is 5.99. The molecule has 1 aromatic rings. The Bertz CT molecular complexity index is 836.